The van der Waals surface area contributed by atoms with Gasteiger partial charge >= 0.3 is 5.97 Å². The van der Waals surface area contributed by atoms with Crippen molar-refractivity contribution in [3.63, 3.8) is 0 Å². The van der Waals surface area contributed by atoms with Gasteiger partial charge in [0.15, 0.2) is 11.5 Å². The van der Waals surface area contributed by atoms with Gasteiger partial charge in [-0.2, -0.15) is 0 Å². The number of carbonyl (C=O) groups is 2. The van der Waals surface area contributed by atoms with Crippen molar-refractivity contribution < 1.29 is 19.1 Å². The van der Waals surface area contributed by atoms with E-state index in [0.29, 0.717) is 55.5 Å². The van der Waals surface area contributed by atoms with Crippen LogP contribution < -0.4 is 10.2 Å². The lowest BCUT2D eigenvalue weighted by Gasteiger charge is -2.29. The fourth-order valence-corrected chi connectivity index (χ4v) is 3.23. The SMILES string of the molecule is CCOC(=O)c1ccc(NC(=O)c2nc3ccccc3nc2N2CCOCC2)cc1. The molecule has 0 unspecified atom stereocenters. The molecule has 0 atom stereocenters. The van der Waals surface area contributed by atoms with Crippen molar-refractivity contribution in [2.45, 2.75) is 6.92 Å². The molecule has 8 heteroatoms. The Hall–Kier alpha value is -3.52. The Morgan fingerprint density at radius 1 is 1.03 bits per heavy atom. The maximum absolute atomic E-state index is 13.1. The van der Waals surface area contributed by atoms with E-state index >= 15 is 0 Å². The summed E-state index contributed by atoms with van der Waals surface area (Å²) in [4.78, 5) is 36.2. The normalized spacial score (nSPS) is 13.8. The van der Waals surface area contributed by atoms with Crippen molar-refractivity contribution in [1.29, 1.82) is 0 Å². The van der Waals surface area contributed by atoms with Crippen LogP contribution in [0.25, 0.3) is 11.0 Å². The van der Waals surface area contributed by atoms with Gasteiger partial charge in [0.1, 0.15) is 0 Å². The average Bonchev–Trinajstić information content (AvgIpc) is 2.79. The van der Waals surface area contributed by atoms with E-state index in [0.717, 1.165) is 5.52 Å². The highest BCUT2D eigenvalue weighted by Crippen LogP contribution is 2.23. The molecule has 0 saturated carbocycles. The van der Waals surface area contributed by atoms with Gasteiger partial charge in [0, 0.05) is 18.8 Å². The number of aromatic nitrogens is 2. The summed E-state index contributed by atoms with van der Waals surface area (Å²) in [5, 5.41) is 2.85. The van der Waals surface area contributed by atoms with E-state index in [-0.39, 0.29) is 11.6 Å². The van der Waals surface area contributed by atoms with Crippen molar-refractivity contribution in [2.75, 3.05) is 43.1 Å². The standard InChI is InChI=1S/C22H22N4O4/c1-2-30-22(28)15-7-9-16(10-8-15)23-21(27)19-20(26-11-13-29-14-12-26)25-18-6-4-3-5-17(18)24-19/h3-10H,2,11-14H2,1H3,(H,23,27). The minimum absolute atomic E-state index is 0.255. The minimum Gasteiger partial charge on any atom is -0.462 e. The lowest BCUT2D eigenvalue weighted by molar-refractivity contribution is 0.0526. The molecule has 1 fully saturated rings. The average molecular weight is 406 g/mol. The molecular formula is C22H22N4O4. The molecule has 1 saturated heterocycles. The summed E-state index contributed by atoms with van der Waals surface area (Å²) in [6.45, 7) is 4.49. The number of amides is 1. The van der Waals surface area contributed by atoms with Crippen LogP contribution in [0.1, 0.15) is 27.8 Å². The third kappa shape index (κ3) is 4.23. The second-order valence-corrected chi connectivity index (χ2v) is 6.74. The number of hydrogen-bond donors (Lipinski definition) is 1. The van der Waals surface area contributed by atoms with E-state index < -0.39 is 5.97 Å². The second-order valence-electron chi connectivity index (χ2n) is 6.74. The van der Waals surface area contributed by atoms with Gasteiger partial charge in [-0.1, -0.05) is 12.1 Å². The molecule has 1 N–H and O–H groups in total. The van der Waals surface area contributed by atoms with E-state index in [9.17, 15) is 9.59 Å². The van der Waals surface area contributed by atoms with Crippen LogP contribution in [-0.4, -0.2) is 54.8 Å². The first-order valence-corrected chi connectivity index (χ1v) is 9.83. The molecule has 0 spiro atoms. The summed E-state index contributed by atoms with van der Waals surface area (Å²) in [5.74, 6) is -0.221. The molecule has 0 radical (unpaired) electrons. The maximum atomic E-state index is 13.1. The molecule has 1 amide bonds. The topological polar surface area (TPSA) is 93.6 Å². The number of ether oxygens (including phenoxy) is 2. The number of nitrogens with one attached hydrogen (secondary N) is 1. The monoisotopic (exact) mass is 406 g/mol. The van der Waals surface area contributed by atoms with Crippen LogP contribution in [0.2, 0.25) is 0 Å². The van der Waals surface area contributed by atoms with Crippen LogP contribution in [0.4, 0.5) is 11.5 Å². The van der Waals surface area contributed by atoms with Crippen molar-refractivity contribution in [1.82, 2.24) is 9.97 Å². The number of rotatable bonds is 5. The molecule has 1 aliphatic rings. The highest BCUT2D eigenvalue weighted by Gasteiger charge is 2.23. The van der Waals surface area contributed by atoms with Crippen LogP contribution in [0.3, 0.4) is 0 Å². The molecule has 3 aromatic rings. The molecule has 154 valence electrons. The molecular weight excluding hydrogens is 384 g/mol. The van der Waals surface area contributed by atoms with Crippen molar-refractivity contribution in [3.8, 4) is 0 Å². The van der Waals surface area contributed by atoms with Crippen LogP contribution in [0.15, 0.2) is 48.5 Å². The van der Waals surface area contributed by atoms with Gasteiger partial charge in [0.05, 0.1) is 36.4 Å². The number of esters is 1. The van der Waals surface area contributed by atoms with Crippen LogP contribution >= 0.6 is 0 Å². The molecule has 30 heavy (non-hydrogen) atoms. The van der Waals surface area contributed by atoms with Crippen molar-refractivity contribution >= 4 is 34.4 Å². The molecule has 0 aliphatic carbocycles. The largest absolute Gasteiger partial charge is 0.462 e. The van der Waals surface area contributed by atoms with Gasteiger partial charge in [-0.05, 0) is 43.3 Å². The van der Waals surface area contributed by atoms with Crippen LogP contribution in [0, 0.1) is 0 Å². The zero-order chi connectivity index (χ0) is 20.9. The highest BCUT2D eigenvalue weighted by atomic mass is 16.5. The van der Waals surface area contributed by atoms with E-state index in [1.165, 1.54) is 0 Å². The predicted octanol–water partition coefficient (Wildman–Crippen LogP) is 2.90. The van der Waals surface area contributed by atoms with Crippen molar-refractivity contribution in [3.05, 3.63) is 59.8 Å². The summed E-state index contributed by atoms with van der Waals surface area (Å²) in [7, 11) is 0. The van der Waals surface area contributed by atoms with Gasteiger partial charge in [0.2, 0.25) is 0 Å². The summed E-state index contributed by atoms with van der Waals surface area (Å²) in [6, 6.07) is 14.0. The van der Waals surface area contributed by atoms with Crippen LogP contribution in [0.5, 0.6) is 0 Å². The fraction of sp³-hybridized carbons (Fsp3) is 0.273. The number of hydrogen-bond acceptors (Lipinski definition) is 7. The van der Waals surface area contributed by atoms with Crippen LogP contribution in [-0.2, 0) is 9.47 Å². The molecule has 0 bridgehead atoms. The van der Waals surface area contributed by atoms with E-state index in [1.807, 2.05) is 29.2 Å². The minimum atomic E-state index is -0.398. The number of nitrogens with zero attached hydrogens (tertiary/aromatic N) is 3. The number of fused-ring (bicyclic) bond motifs is 1. The van der Waals surface area contributed by atoms with Gasteiger partial charge in [-0.3, -0.25) is 4.79 Å². The van der Waals surface area contributed by atoms with Gasteiger partial charge in [0.25, 0.3) is 5.91 Å². The Morgan fingerprint density at radius 2 is 1.70 bits per heavy atom. The number of morpholine rings is 1. The highest BCUT2D eigenvalue weighted by molar-refractivity contribution is 6.07. The summed E-state index contributed by atoms with van der Waals surface area (Å²) in [5.41, 5.74) is 2.61. The summed E-state index contributed by atoms with van der Waals surface area (Å²) in [6.07, 6.45) is 0. The zero-order valence-corrected chi connectivity index (χ0v) is 16.6. The van der Waals surface area contributed by atoms with Crippen molar-refractivity contribution in [2.24, 2.45) is 0 Å². The van der Waals surface area contributed by atoms with E-state index in [2.05, 4.69) is 10.3 Å². The Bertz CT molecular complexity index is 1060. The lowest BCUT2D eigenvalue weighted by Crippen LogP contribution is -2.38. The molecule has 4 rings (SSSR count). The van der Waals surface area contributed by atoms with E-state index in [4.69, 9.17) is 14.5 Å². The Morgan fingerprint density at radius 3 is 2.37 bits per heavy atom. The number of anilines is 2. The molecule has 1 aromatic heterocycles. The lowest BCUT2D eigenvalue weighted by atomic mass is 10.2. The first-order chi connectivity index (χ1) is 14.7. The summed E-state index contributed by atoms with van der Waals surface area (Å²) >= 11 is 0. The predicted molar refractivity (Wildman–Crippen MR) is 113 cm³/mol. The first kappa shape index (κ1) is 19.8. The zero-order valence-electron chi connectivity index (χ0n) is 16.6. The molecule has 2 aromatic carbocycles. The number of benzene rings is 2. The second kappa shape index (κ2) is 8.87. The smallest absolute Gasteiger partial charge is 0.338 e. The molecule has 1 aliphatic heterocycles. The van der Waals surface area contributed by atoms with Gasteiger partial charge < -0.3 is 19.7 Å². The Kier molecular flexibility index (Phi) is 5.85. The Labute approximate surface area is 173 Å². The third-order valence-electron chi connectivity index (χ3n) is 4.73. The fourth-order valence-electron chi connectivity index (χ4n) is 3.23. The quantitative estimate of drug-likeness (QED) is 0.651. The van der Waals surface area contributed by atoms with E-state index in [1.54, 1.807) is 31.2 Å². The first-order valence-electron chi connectivity index (χ1n) is 9.83. The summed E-state index contributed by atoms with van der Waals surface area (Å²) < 4.78 is 10.4. The number of para-hydroxylation sites is 2. The molecule has 2 heterocycles. The third-order valence-corrected chi connectivity index (χ3v) is 4.73. The van der Waals surface area contributed by atoms with Gasteiger partial charge in [-0.25, -0.2) is 14.8 Å². The number of carbonyl (C=O) groups excluding carboxylic acids is 2. The Balaban J connectivity index is 1.62. The molecule has 8 nitrogen and oxygen atoms in total. The maximum Gasteiger partial charge on any atom is 0.338 e. The van der Waals surface area contributed by atoms with Gasteiger partial charge in [-0.15, -0.1) is 0 Å².